The van der Waals surface area contributed by atoms with Gasteiger partial charge in [-0.2, -0.15) is 0 Å². The van der Waals surface area contributed by atoms with Crippen LogP contribution in [0.15, 0.2) is 0 Å². The van der Waals surface area contributed by atoms with Crippen LogP contribution in [0.4, 0.5) is 0 Å². The summed E-state index contributed by atoms with van der Waals surface area (Å²) in [5.41, 5.74) is 0. The molecule has 0 saturated heterocycles. The van der Waals surface area contributed by atoms with Crippen molar-refractivity contribution in [2.45, 2.75) is 26.2 Å². The average Bonchev–Trinajstić information content (AvgIpc) is 1.85. The maximum atomic E-state index is 3.86. The molecule has 1 heteroatoms. The molecule has 0 aromatic heterocycles. The van der Waals surface area contributed by atoms with Crippen LogP contribution in [0.1, 0.15) is 26.2 Å². The molecule has 54 valence electrons. The fourth-order valence-corrected chi connectivity index (χ4v) is 0.717. The van der Waals surface area contributed by atoms with Crippen LogP contribution in [0.3, 0.4) is 0 Å². The Morgan fingerprint density at radius 2 is 2.00 bits per heavy atom. The van der Waals surface area contributed by atoms with Crippen LogP contribution in [0, 0.1) is 14.0 Å². The second kappa shape index (κ2) is 6.09. The van der Waals surface area contributed by atoms with Crippen LogP contribution in [0.2, 0.25) is 0 Å². The summed E-state index contributed by atoms with van der Waals surface area (Å²) < 4.78 is 0. The van der Waals surface area contributed by atoms with Crippen molar-refractivity contribution in [3.8, 4) is 0 Å². The molecule has 0 spiro atoms. The van der Waals surface area contributed by atoms with E-state index >= 15 is 0 Å². The van der Waals surface area contributed by atoms with E-state index in [-0.39, 0.29) is 0 Å². The summed E-state index contributed by atoms with van der Waals surface area (Å²) >= 11 is 0. The molecule has 0 aliphatic carbocycles. The number of nitrogens with zero attached hydrogens (tertiary/aromatic N) is 1. The smallest absolute Gasteiger partial charge is 0.0109 e. The minimum absolute atomic E-state index is 0.965. The molecule has 0 amide bonds. The second-order valence-corrected chi connectivity index (χ2v) is 2.33. The van der Waals surface area contributed by atoms with E-state index in [2.05, 4.69) is 25.8 Å². The van der Waals surface area contributed by atoms with E-state index in [4.69, 9.17) is 0 Å². The number of unbranched alkanes of at least 4 members (excludes halogenated alkanes) is 1. The molecular weight excluding hydrogens is 110 g/mol. The minimum atomic E-state index is 0.965. The van der Waals surface area contributed by atoms with Crippen molar-refractivity contribution >= 4 is 0 Å². The Morgan fingerprint density at radius 1 is 1.33 bits per heavy atom. The van der Waals surface area contributed by atoms with E-state index in [1.807, 2.05) is 0 Å². The van der Waals surface area contributed by atoms with Gasteiger partial charge in [-0.25, -0.2) is 0 Å². The highest BCUT2D eigenvalue weighted by molar-refractivity contribution is 4.55. The van der Waals surface area contributed by atoms with Crippen molar-refractivity contribution in [3.05, 3.63) is 14.0 Å². The van der Waals surface area contributed by atoms with Gasteiger partial charge < -0.3 is 4.90 Å². The van der Waals surface area contributed by atoms with Gasteiger partial charge in [0, 0.05) is 7.05 Å². The van der Waals surface area contributed by atoms with Gasteiger partial charge in [0.25, 0.3) is 0 Å². The van der Waals surface area contributed by atoms with Crippen LogP contribution in [0.25, 0.3) is 0 Å². The van der Waals surface area contributed by atoms with Gasteiger partial charge in [0.2, 0.25) is 0 Å². The molecule has 9 heavy (non-hydrogen) atoms. The van der Waals surface area contributed by atoms with Crippen LogP contribution in [-0.2, 0) is 0 Å². The van der Waals surface area contributed by atoms with Gasteiger partial charge in [-0.3, -0.25) is 0 Å². The Balaban J connectivity index is 2.95. The molecule has 0 aromatic rings. The number of rotatable bonds is 5. The Morgan fingerprint density at radius 3 is 2.44 bits per heavy atom. The summed E-state index contributed by atoms with van der Waals surface area (Å²) in [5, 5.41) is 0. The predicted molar refractivity (Wildman–Crippen MR) is 41.8 cm³/mol. The first-order chi connectivity index (χ1) is 4.31. The molecule has 0 fully saturated rings. The fourth-order valence-electron chi connectivity index (χ4n) is 0.717. The maximum Gasteiger partial charge on any atom is 0.0109 e. The Hall–Kier alpha value is -0.0400. The van der Waals surface area contributed by atoms with Crippen molar-refractivity contribution in [2.24, 2.45) is 0 Å². The minimum Gasteiger partial charge on any atom is -0.302 e. The topological polar surface area (TPSA) is 3.24 Å². The van der Waals surface area contributed by atoms with E-state index in [1.165, 1.54) is 12.8 Å². The normalized spacial score (nSPS) is 10.7. The molecule has 0 heterocycles. The first kappa shape index (κ1) is 8.96. The summed E-state index contributed by atoms with van der Waals surface area (Å²) in [4.78, 5) is 2.08. The molecule has 0 aromatic carbocycles. The van der Waals surface area contributed by atoms with Gasteiger partial charge in [0.1, 0.15) is 0 Å². The summed E-state index contributed by atoms with van der Waals surface area (Å²) in [6.45, 7) is 8.09. The number of hydrogen-bond donors (Lipinski definition) is 0. The third-order valence-electron chi connectivity index (χ3n) is 1.30. The fraction of sp³-hybridized carbons (Fsp3) is 0.750. The van der Waals surface area contributed by atoms with E-state index in [9.17, 15) is 0 Å². The quantitative estimate of drug-likeness (QED) is 0.546. The summed E-state index contributed by atoms with van der Waals surface area (Å²) in [5.74, 6) is 0. The van der Waals surface area contributed by atoms with Gasteiger partial charge in [0.15, 0.2) is 0 Å². The van der Waals surface area contributed by atoms with Crippen LogP contribution in [0.5, 0.6) is 0 Å². The predicted octanol–water partition coefficient (Wildman–Crippen LogP) is 2.10. The van der Waals surface area contributed by atoms with Gasteiger partial charge in [-0.1, -0.05) is 20.3 Å². The molecule has 0 atom stereocenters. The number of hydrogen-bond acceptors (Lipinski definition) is 1. The van der Waals surface area contributed by atoms with Gasteiger partial charge >= 0.3 is 0 Å². The molecule has 2 radical (unpaired) electrons. The lowest BCUT2D eigenvalue weighted by atomic mass is 10.3. The highest BCUT2D eigenvalue weighted by Crippen LogP contribution is 1.93. The van der Waals surface area contributed by atoms with E-state index in [1.54, 1.807) is 0 Å². The maximum absolute atomic E-state index is 3.86. The van der Waals surface area contributed by atoms with Crippen LogP contribution >= 0.6 is 0 Å². The van der Waals surface area contributed by atoms with Crippen LogP contribution < -0.4 is 0 Å². The van der Waals surface area contributed by atoms with Crippen molar-refractivity contribution < 1.29 is 0 Å². The Kier molecular flexibility index (Phi) is 6.06. The monoisotopic (exact) mass is 127 g/mol. The first-order valence-electron chi connectivity index (χ1n) is 3.66. The van der Waals surface area contributed by atoms with E-state index in [0.29, 0.717) is 0 Å². The van der Waals surface area contributed by atoms with Gasteiger partial charge in [-0.15, -0.1) is 0 Å². The third kappa shape index (κ3) is 5.84. The lowest BCUT2D eigenvalue weighted by molar-refractivity contribution is 0.368. The third-order valence-corrected chi connectivity index (χ3v) is 1.30. The standard InChI is InChI=1S/C8H17N/c1-4-6-8-9(3)7-5-2/h2-8H2,1H3. The first-order valence-corrected chi connectivity index (χ1v) is 3.66. The van der Waals surface area contributed by atoms with E-state index in [0.717, 1.165) is 19.5 Å². The lowest BCUT2D eigenvalue weighted by Crippen LogP contribution is -2.17. The molecular formula is C8H17N. The molecule has 0 saturated carbocycles. The highest BCUT2D eigenvalue weighted by atomic mass is 15.1. The Bertz CT molecular complexity index is 52.5. The second-order valence-electron chi connectivity index (χ2n) is 2.33. The van der Waals surface area contributed by atoms with Gasteiger partial charge in [0.05, 0.1) is 0 Å². The zero-order valence-electron chi connectivity index (χ0n) is 6.40. The molecule has 0 aliphatic heterocycles. The SMILES string of the molecule is [CH2]CCN([CH2])CCCC. The Labute approximate surface area is 59.1 Å². The summed E-state index contributed by atoms with van der Waals surface area (Å²) in [6.07, 6.45) is 3.47. The molecule has 0 aliphatic rings. The van der Waals surface area contributed by atoms with E-state index < -0.39 is 0 Å². The molecule has 0 bridgehead atoms. The van der Waals surface area contributed by atoms with Crippen LogP contribution in [-0.4, -0.2) is 18.0 Å². The van der Waals surface area contributed by atoms with Crippen molar-refractivity contribution in [3.63, 3.8) is 0 Å². The zero-order chi connectivity index (χ0) is 7.11. The molecule has 0 unspecified atom stereocenters. The van der Waals surface area contributed by atoms with Crippen molar-refractivity contribution in [1.29, 1.82) is 0 Å². The highest BCUT2D eigenvalue weighted by Gasteiger charge is 1.92. The largest absolute Gasteiger partial charge is 0.302 e. The molecule has 0 N–H and O–H groups in total. The molecule has 0 rings (SSSR count). The summed E-state index contributed by atoms with van der Waals surface area (Å²) in [6, 6.07) is 0. The summed E-state index contributed by atoms with van der Waals surface area (Å²) in [7, 11) is 3.86. The zero-order valence-corrected chi connectivity index (χ0v) is 6.40. The van der Waals surface area contributed by atoms with Crippen molar-refractivity contribution in [2.75, 3.05) is 13.1 Å². The lowest BCUT2D eigenvalue weighted by Gasteiger charge is -2.13. The van der Waals surface area contributed by atoms with Gasteiger partial charge in [-0.05, 0) is 25.9 Å². The average molecular weight is 127 g/mol. The molecule has 1 nitrogen and oxygen atoms in total. The van der Waals surface area contributed by atoms with Crippen molar-refractivity contribution in [1.82, 2.24) is 4.90 Å².